The summed E-state index contributed by atoms with van der Waals surface area (Å²) < 4.78 is 4.09. The zero-order valence-electron chi connectivity index (χ0n) is 17.1. The molecule has 0 radical (unpaired) electrons. The summed E-state index contributed by atoms with van der Waals surface area (Å²) in [5.41, 5.74) is 6.72. The first kappa shape index (κ1) is 20.8. The zero-order chi connectivity index (χ0) is 21.3. The van der Waals surface area contributed by atoms with Gasteiger partial charge in [-0.05, 0) is 26.7 Å². The second-order valence-electron chi connectivity index (χ2n) is 7.77. The number of aliphatic carboxylic acids is 1. The summed E-state index contributed by atoms with van der Waals surface area (Å²) in [5.74, 6) is -0.462. The summed E-state index contributed by atoms with van der Waals surface area (Å²) in [7, 11) is 1.55. The molecule has 3 heterocycles. The minimum Gasteiger partial charge on any atom is -0.481 e. The predicted octanol–water partition coefficient (Wildman–Crippen LogP) is 0.265. The molecular weight excluding hydrogens is 376 g/mol. The van der Waals surface area contributed by atoms with Crippen LogP contribution in [0, 0.1) is 0 Å². The number of rotatable bonds is 6. The molecule has 1 fully saturated rings. The van der Waals surface area contributed by atoms with Crippen LogP contribution in [0.15, 0.2) is 21.2 Å². The van der Waals surface area contributed by atoms with Crippen molar-refractivity contribution in [3.63, 3.8) is 0 Å². The molecule has 1 saturated heterocycles. The molecule has 3 N–H and O–H groups in total. The van der Waals surface area contributed by atoms with Gasteiger partial charge in [0.2, 0.25) is 5.95 Å². The van der Waals surface area contributed by atoms with Gasteiger partial charge < -0.3 is 20.3 Å². The lowest BCUT2D eigenvalue weighted by atomic mass is 10.1. The number of allylic oxidation sites excluding steroid dienone is 2. The second-order valence-corrected chi connectivity index (χ2v) is 7.77. The quantitative estimate of drug-likeness (QED) is 0.661. The maximum atomic E-state index is 13.2. The average Bonchev–Trinajstić information content (AvgIpc) is 3.04. The first-order valence-electron chi connectivity index (χ1n) is 9.76. The lowest BCUT2D eigenvalue weighted by molar-refractivity contribution is -0.137. The monoisotopic (exact) mass is 404 g/mol. The fraction of sp³-hybridized carbons (Fsp3) is 0.579. The SMILES string of the molecule is CC(C)=CCn1c(N2CCCC(N)C2)nc2c1c(=O)n(CCC(=O)O)c(=O)n2C. The van der Waals surface area contributed by atoms with Gasteiger partial charge in [0.25, 0.3) is 5.56 Å². The van der Waals surface area contributed by atoms with Gasteiger partial charge in [0.1, 0.15) is 0 Å². The molecule has 10 nitrogen and oxygen atoms in total. The van der Waals surface area contributed by atoms with E-state index in [0.29, 0.717) is 30.2 Å². The van der Waals surface area contributed by atoms with Crippen molar-refractivity contribution in [2.75, 3.05) is 18.0 Å². The summed E-state index contributed by atoms with van der Waals surface area (Å²) in [6.07, 6.45) is 3.54. The fourth-order valence-corrected chi connectivity index (χ4v) is 3.64. The van der Waals surface area contributed by atoms with Crippen LogP contribution in [-0.2, 0) is 24.9 Å². The molecule has 0 aliphatic carbocycles. The molecule has 0 saturated carbocycles. The third-order valence-corrected chi connectivity index (χ3v) is 5.18. The van der Waals surface area contributed by atoms with Crippen molar-refractivity contribution < 1.29 is 9.90 Å². The minimum absolute atomic E-state index is 0.0245. The topological polar surface area (TPSA) is 128 Å². The number of hydrogen-bond donors (Lipinski definition) is 2. The van der Waals surface area contributed by atoms with Gasteiger partial charge in [-0.15, -0.1) is 0 Å². The van der Waals surface area contributed by atoms with Gasteiger partial charge in [-0.2, -0.15) is 4.98 Å². The maximum Gasteiger partial charge on any atom is 0.332 e. The normalized spacial score (nSPS) is 17.0. The van der Waals surface area contributed by atoms with E-state index in [9.17, 15) is 14.4 Å². The van der Waals surface area contributed by atoms with E-state index < -0.39 is 17.2 Å². The third-order valence-electron chi connectivity index (χ3n) is 5.18. The van der Waals surface area contributed by atoms with Crippen LogP contribution in [0.5, 0.6) is 0 Å². The van der Waals surface area contributed by atoms with E-state index in [-0.39, 0.29) is 19.0 Å². The Bertz CT molecular complexity index is 1070. The molecule has 0 aromatic carbocycles. The standard InChI is InChI=1S/C19H28N6O4/c1-12(2)6-9-24-15-16(21-18(24)23-8-4-5-13(20)11-23)22(3)19(29)25(17(15)28)10-7-14(26)27/h6,13H,4-5,7-11,20H2,1-3H3,(H,26,27). The van der Waals surface area contributed by atoms with Crippen LogP contribution in [-0.4, -0.2) is 48.9 Å². The van der Waals surface area contributed by atoms with E-state index in [1.165, 1.54) is 4.57 Å². The highest BCUT2D eigenvalue weighted by atomic mass is 16.4. The molecular formula is C19H28N6O4. The Kier molecular flexibility index (Phi) is 5.92. The van der Waals surface area contributed by atoms with Gasteiger partial charge >= 0.3 is 11.7 Å². The number of fused-ring (bicyclic) bond motifs is 1. The number of carbonyl (C=O) groups is 1. The molecule has 0 amide bonds. The van der Waals surface area contributed by atoms with Gasteiger partial charge in [-0.25, -0.2) is 4.79 Å². The van der Waals surface area contributed by atoms with E-state index in [4.69, 9.17) is 10.8 Å². The molecule has 1 aliphatic rings. The highest BCUT2D eigenvalue weighted by molar-refractivity contribution is 5.75. The Balaban J connectivity index is 2.25. The lowest BCUT2D eigenvalue weighted by Crippen LogP contribution is -2.44. The Labute approximate surface area is 167 Å². The van der Waals surface area contributed by atoms with Gasteiger partial charge in [0.15, 0.2) is 11.2 Å². The average molecular weight is 404 g/mol. The predicted molar refractivity (Wildman–Crippen MR) is 110 cm³/mol. The molecule has 0 spiro atoms. The number of carboxylic acids is 1. The second kappa shape index (κ2) is 8.24. The minimum atomic E-state index is -1.07. The Morgan fingerprint density at radius 1 is 1.31 bits per heavy atom. The van der Waals surface area contributed by atoms with Crippen LogP contribution in [0.1, 0.15) is 33.1 Å². The van der Waals surface area contributed by atoms with Crippen molar-refractivity contribution in [3.8, 4) is 0 Å². The van der Waals surface area contributed by atoms with Crippen molar-refractivity contribution in [1.82, 2.24) is 18.7 Å². The van der Waals surface area contributed by atoms with Gasteiger partial charge in [0.05, 0.1) is 6.42 Å². The molecule has 0 bridgehead atoms. The van der Waals surface area contributed by atoms with Crippen LogP contribution >= 0.6 is 0 Å². The van der Waals surface area contributed by atoms with Crippen LogP contribution in [0.4, 0.5) is 5.95 Å². The Morgan fingerprint density at radius 2 is 2.03 bits per heavy atom. The van der Waals surface area contributed by atoms with E-state index in [2.05, 4.69) is 9.88 Å². The number of nitrogens with two attached hydrogens (primary N) is 1. The smallest absolute Gasteiger partial charge is 0.332 e. The molecule has 3 rings (SSSR count). The summed E-state index contributed by atoms with van der Waals surface area (Å²) in [6.45, 7) is 5.57. The largest absolute Gasteiger partial charge is 0.481 e. The van der Waals surface area contributed by atoms with Gasteiger partial charge in [0, 0.05) is 39.3 Å². The number of aromatic nitrogens is 4. The number of aryl methyl sites for hydroxylation is 1. The summed E-state index contributed by atoms with van der Waals surface area (Å²) >= 11 is 0. The molecule has 2 aromatic heterocycles. The first-order valence-corrected chi connectivity index (χ1v) is 9.76. The van der Waals surface area contributed by atoms with Crippen LogP contribution in [0.2, 0.25) is 0 Å². The molecule has 1 atom stereocenters. The number of nitrogens with zero attached hydrogens (tertiary/aromatic N) is 5. The van der Waals surface area contributed by atoms with E-state index in [1.807, 2.05) is 19.9 Å². The number of hydrogen-bond acceptors (Lipinski definition) is 6. The molecule has 158 valence electrons. The zero-order valence-corrected chi connectivity index (χ0v) is 17.1. The Morgan fingerprint density at radius 3 is 2.66 bits per heavy atom. The van der Waals surface area contributed by atoms with Crippen molar-refractivity contribution in [3.05, 3.63) is 32.5 Å². The highest BCUT2D eigenvalue weighted by Gasteiger charge is 2.26. The number of piperidine rings is 1. The van der Waals surface area contributed by atoms with Gasteiger partial charge in [-0.1, -0.05) is 11.6 Å². The van der Waals surface area contributed by atoms with Crippen LogP contribution in [0.3, 0.4) is 0 Å². The number of imidazole rings is 1. The summed E-state index contributed by atoms with van der Waals surface area (Å²) in [5, 5.41) is 8.97. The van der Waals surface area contributed by atoms with Crippen molar-refractivity contribution >= 4 is 23.1 Å². The first-order chi connectivity index (χ1) is 13.7. The highest BCUT2D eigenvalue weighted by Crippen LogP contribution is 2.23. The molecule has 2 aromatic rings. The molecule has 1 aliphatic heterocycles. The molecule has 1 unspecified atom stereocenters. The van der Waals surface area contributed by atoms with E-state index in [1.54, 1.807) is 11.6 Å². The Hall–Kier alpha value is -2.88. The van der Waals surface area contributed by atoms with E-state index >= 15 is 0 Å². The fourth-order valence-electron chi connectivity index (χ4n) is 3.64. The maximum absolute atomic E-state index is 13.2. The van der Waals surface area contributed by atoms with E-state index in [0.717, 1.165) is 29.5 Å². The van der Waals surface area contributed by atoms with Crippen LogP contribution in [0.25, 0.3) is 11.2 Å². The number of carboxylic acid groups (broad SMARTS) is 1. The van der Waals surface area contributed by atoms with Crippen LogP contribution < -0.4 is 21.9 Å². The molecule has 10 heteroatoms. The van der Waals surface area contributed by atoms with Crippen molar-refractivity contribution in [2.45, 2.75) is 52.2 Å². The van der Waals surface area contributed by atoms with Crippen molar-refractivity contribution in [1.29, 1.82) is 0 Å². The molecule has 29 heavy (non-hydrogen) atoms. The van der Waals surface area contributed by atoms with Gasteiger partial charge in [-0.3, -0.25) is 18.7 Å². The number of anilines is 1. The summed E-state index contributed by atoms with van der Waals surface area (Å²) in [4.78, 5) is 43.5. The lowest BCUT2D eigenvalue weighted by Gasteiger charge is -2.31. The van der Waals surface area contributed by atoms with Crippen molar-refractivity contribution in [2.24, 2.45) is 12.8 Å². The third kappa shape index (κ3) is 4.12. The summed E-state index contributed by atoms with van der Waals surface area (Å²) in [6, 6.07) is 0.0245.